The Morgan fingerprint density at radius 3 is 2.33 bits per heavy atom. The lowest BCUT2D eigenvalue weighted by Crippen LogP contribution is -2.30. The minimum absolute atomic E-state index is 0.0807. The second-order valence-corrected chi connectivity index (χ2v) is 6.98. The zero-order valence-corrected chi connectivity index (χ0v) is 13.1. The first-order valence-electron chi connectivity index (χ1n) is 5.34. The third-order valence-electron chi connectivity index (χ3n) is 2.50. The van der Waals surface area contributed by atoms with Crippen LogP contribution in [0.3, 0.4) is 0 Å². The van der Waals surface area contributed by atoms with Gasteiger partial charge in [0.05, 0.1) is 10.5 Å². The highest BCUT2D eigenvalue weighted by Crippen LogP contribution is 2.24. The Balaban J connectivity index is 3.28. The predicted molar refractivity (Wildman–Crippen MR) is 74.4 cm³/mol. The van der Waals surface area contributed by atoms with Gasteiger partial charge in [-0.3, -0.25) is 4.79 Å². The van der Waals surface area contributed by atoms with E-state index in [2.05, 4.69) is 15.9 Å². The Morgan fingerprint density at radius 1 is 1.33 bits per heavy atom. The highest BCUT2D eigenvalue weighted by molar-refractivity contribution is 9.10. The average Bonchev–Trinajstić information content (AvgIpc) is 2.29. The molecule has 0 heterocycles. The Kier molecular flexibility index (Phi) is 5.19. The first kappa shape index (κ1) is 15.5. The van der Waals surface area contributed by atoms with Gasteiger partial charge in [0.1, 0.15) is 0 Å². The molecule has 0 spiro atoms. The van der Waals surface area contributed by atoms with Gasteiger partial charge < -0.3 is 4.90 Å². The van der Waals surface area contributed by atoms with Crippen LogP contribution < -0.4 is 0 Å². The molecule has 18 heavy (non-hydrogen) atoms. The smallest absolute Gasteiger partial charge is 0.261 e. The van der Waals surface area contributed by atoms with Gasteiger partial charge in [-0.2, -0.15) is 0 Å². The van der Waals surface area contributed by atoms with Gasteiger partial charge in [-0.25, -0.2) is 8.42 Å². The van der Waals surface area contributed by atoms with Crippen LogP contribution in [-0.4, -0.2) is 32.3 Å². The Morgan fingerprint density at radius 2 is 1.89 bits per heavy atom. The fourth-order valence-electron chi connectivity index (χ4n) is 1.50. The second kappa shape index (κ2) is 6.04. The van der Waals surface area contributed by atoms with Crippen LogP contribution in [-0.2, 0) is 9.05 Å². The summed E-state index contributed by atoms with van der Waals surface area (Å²) in [6.07, 6.45) is 0. The van der Waals surface area contributed by atoms with Crippen LogP contribution in [0.15, 0.2) is 27.6 Å². The van der Waals surface area contributed by atoms with E-state index >= 15 is 0 Å². The van der Waals surface area contributed by atoms with Gasteiger partial charge >= 0.3 is 0 Å². The topological polar surface area (TPSA) is 54.5 Å². The van der Waals surface area contributed by atoms with E-state index in [0.717, 1.165) is 0 Å². The van der Waals surface area contributed by atoms with Crippen molar-refractivity contribution in [3.8, 4) is 0 Å². The van der Waals surface area contributed by atoms with Crippen molar-refractivity contribution < 1.29 is 13.2 Å². The van der Waals surface area contributed by atoms with Gasteiger partial charge in [0.15, 0.2) is 0 Å². The highest BCUT2D eigenvalue weighted by Gasteiger charge is 2.19. The minimum atomic E-state index is -3.83. The van der Waals surface area contributed by atoms with Gasteiger partial charge in [0.2, 0.25) is 0 Å². The summed E-state index contributed by atoms with van der Waals surface area (Å²) < 4.78 is 23.1. The van der Waals surface area contributed by atoms with E-state index in [-0.39, 0.29) is 10.8 Å². The van der Waals surface area contributed by atoms with Crippen molar-refractivity contribution in [2.24, 2.45) is 0 Å². The molecule has 0 fully saturated rings. The molecule has 7 heteroatoms. The molecule has 1 aromatic carbocycles. The van der Waals surface area contributed by atoms with Crippen molar-refractivity contribution >= 4 is 41.6 Å². The molecule has 0 N–H and O–H groups in total. The minimum Gasteiger partial charge on any atom is -0.339 e. The summed E-state index contributed by atoms with van der Waals surface area (Å²) in [4.78, 5) is 13.7. The molecule has 1 aromatic rings. The maximum absolute atomic E-state index is 12.2. The van der Waals surface area contributed by atoms with Crippen LogP contribution in [0.1, 0.15) is 24.2 Å². The highest BCUT2D eigenvalue weighted by atomic mass is 79.9. The Hall–Kier alpha value is -0.590. The summed E-state index contributed by atoms with van der Waals surface area (Å²) in [5.74, 6) is -0.228. The van der Waals surface area contributed by atoms with Crippen LogP contribution in [0.5, 0.6) is 0 Å². The van der Waals surface area contributed by atoms with Gasteiger partial charge in [-0.05, 0) is 48.0 Å². The first-order valence-corrected chi connectivity index (χ1v) is 8.45. The monoisotopic (exact) mass is 353 g/mol. The predicted octanol–water partition coefficient (Wildman–Crippen LogP) is 2.86. The molecule has 0 bridgehead atoms. The number of nitrogens with zero attached hydrogens (tertiary/aromatic N) is 1. The summed E-state index contributed by atoms with van der Waals surface area (Å²) >= 11 is 3.24. The molecule has 0 aliphatic carbocycles. The standard InChI is InChI=1S/C11H13BrClNO3S/c1-3-14(4-2)11(15)9-7-8(18(13,16)17)5-6-10(9)12/h5-7H,3-4H2,1-2H3. The van der Waals surface area contributed by atoms with E-state index in [1.807, 2.05) is 13.8 Å². The largest absolute Gasteiger partial charge is 0.339 e. The van der Waals surface area contributed by atoms with Gasteiger partial charge in [0.25, 0.3) is 15.0 Å². The van der Waals surface area contributed by atoms with Gasteiger partial charge in [-0.15, -0.1) is 0 Å². The zero-order valence-electron chi connectivity index (χ0n) is 9.98. The average molecular weight is 355 g/mol. The lowest BCUT2D eigenvalue weighted by Gasteiger charge is -2.19. The Bertz CT molecular complexity index is 555. The number of hydrogen-bond donors (Lipinski definition) is 0. The number of halogens is 2. The molecule has 4 nitrogen and oxygen atoms in total. The van der Waals surface area contributed by atoms with Crippen molar-refractivity contribution in [3.63, 3.8) is 0 Å². The summed E-state index contributed by atoms with van der Waals surface area (Å²) in [6, 6.07) is 4.14. The fourth-order valence-corrected chi connectivity index (χ4v) is 2.69. The van der Waals surface area contributed by atoms with E-state index in [9.17, 15) is 13.2 Å². The van der Waals surface area contributed by atoms with E-state index in [1.54, 1.807) is 4.90 Å². The van der Waals surface area contributed by atoms with Crippen LogP contribution in [0.2, 0.25) is 0 Å². The molecule has 0 aliphatic heterocycles. The van der Waals surface area contributed by atoms with Gasteiger partial charge in [-0.1, -0.05) is 0 Å². The summed E-state index contributed by atoms with van der Waals surface area (Å²) in [6.45, 7) is 4.83. The molecule has 1 amide bonds. The van der Waals surface area contributed by atoms with E-state index in [1.165, 1.54) is 18.2 Å². The molecule has 0 saturated heterocycles. The summed E-state index contributed by atoms with van der Waals surface area (Å²) in [5.41, 5.74) is 0.292. The van der Waals surface area contributed by atoms with Crippen LogP contribution >= 0.6 is 26.6 Å². The quantitative estimate of drug-likeness (QED) is 0.781. The number of amides is 1. The SMILES string of the molecule is CCN(CC)C(=O)c1cc(S(=O)(=O)Cl)ccc1Br. The third kappa shape index (κ3) is 3.46. The number of benzene rings is 1. The molecular formula is C11H13BrClNO3S. The first-order chi connectivity index (χ1) is 8.31. The zero-order chi connectivity index (χ0) is 13.9. The van der Waals surface area contributed by atoms with Gasteiger partial charge in [0, 0.05) is 28.2 Å². The van der Waals surface area contributed by atoms with Crippen molar-refractivity contribution in [2.45, 2.75) is 18.7 Å². The van der Waals surface area contributed by atoms with Crippen LogP contribution in [0.4, 0.5) is 0 Å². The molecule has 0 atom stereocenters. The van der Waals surface area contributed by atoms with Crippen LogP contribution in [0, 0.1) is 0 Å². The second-order valence-electron chi connectivity index (χ2n) is 3.56. The maximum Gasteiger partial charge on any atom is 0.261 e. The number of carbonyl (C=O) groups excluding carboxylic acids is 1. The molecule has 0 aliphatic rings. The number of carbonyl (C=O) groups is 1. The van der Waals surface area contributed by atoms with Crippen molar-refractivity contribution in [3.05, 3.63) is 28.2 Å². The Labute approximate surface area is 119 Å². The molecule has 1 rings (SSSR count). The van der Waals surface area contributed by atoms with E-state index < -0.39 is 9.05 Å². The van der Waals surface area contributed by atoms with E-state index in [0.29, 0.717) is 23.1 Å². The summed E-state index contributed by atoms with van der Waals surface area (Å²) in [5, 5.41) is 0. The molecule has 0 radical (unpaired) electrons. The fraction of sp³-hybridized carbons (Fsp3) is 0.364. The lowest BCUT2D eigenvalue weighted by atomic mass is 10.2. The third-order valence-corrected chi connectivity index (χ3v) is 4.54. The maximum atomic E-state index is 12.2. The summed E-state index contributed by atoms with van der Waals surface area (Å²) in [7, 11) is 1.43. The van der Waals surface area contributed by atoms with Crippen molar-refractivity contribution in [1.29, 1.82) is 0 Å². The normalized spacial score (nSPS) is 11.3. The molecule has 0 unspecified atom stereocenters. The van der Waals surface area contributed by atoms with Crippen molar-refractivity contribution in [1.82, 2.24) is 4.90 Å². The number of hydrogen-bond acceptors (Lipinski definition) is 3. The molecule has 0 saturated carbocycles. The molecule has 0 aromatic heterocycles. The van der Waals surface area contributed by atoms with Crippen LogP contribution in [0.25, 0.3) is 0 Å². The molecule has 100 valence electrons. The lowest BCUT2D eigenvalue weighted by molar-refractivity contribution is 0.0772. The number of rotatable bonds is 4. The van der Waals surface area contributed by atoms with E-state index in [4.69, 9.17) is 10.7 Å². The molecular weight excluding hydrogens is 342 g/mol. The van der Waals surface area contributed by atoms with Crippen molar-refractivity contribution in [2.75, 3.05) is 13.1 Å².